The number of aromatic nitrogens is 4. The number of oxime groups is 2. The van der Waals surface area contributed by atoms with Crippen molar-refractivity contribution in [1.82, 2.24) is 19.3 Å². The number of rotatable bonds is 8. The predicted octanol–water partition coefficient (Wildman–Crippen LogP) is 2.69. The van der Waals surface area contributed by atoms with E-state index in [1.165, 1.54) is 6.21 Å². The molecule has 0 aliphatic carbocycles. The monoisotopic (exact) mass is 332 g/mol. The Kier molecular flexibility index (Phi) is 5.38. The van der Waals surface area contributed by atoms with E-state index in [0.29, 0.717) is 18.6 Å². The maximum absolute atomic E-state index is 9.60. The molecule has 2 atom stereocenters. The van der Waals surface area contributed by atoms with Crippen molar-refractivity contribution in [2.45, 2.75) is 51.1 Å². The second kappa shape index (κ2) is 7.29. The molecule has 0 bridgehead atoms. The Morgan fingerprint density at radius 2 is 2.04 bits per heavy atom. The van der Waals surface area contributed by atoms with Gasteiger partial charge in [-0.05, 0) is 39.2 Å². The zero-order valence-electron chi connectivity index (χ0n) is 14.2. The van der Waals surface area contributed by atoms with Crippen LogP contribution < -0.4 is 0 Å². The molecule has 24 heavy (non-hydrogen) atoms. The van der Waals surface area contributed by atoms with Crippen molar-refractivity contribution >= 4 is 11.9 Å². The first-order valence-electron chi connectivity index (χ1n) is 7.88. The summed E-state index contributed by atoms with van der Waals surface area (Å²) >= 11 is 0. The van der Waals surface area contributed by atoms with Crippen molar-refractivity contribution in [3.05, 3.63) is 37.2 Å². The second-order valence-electron chi connectivity index (χ2n) is 6.20. The molecule has 0 amide bonds. The first kappa shape index (κ1) is 17.7. The van der Waals surface area contributed by atoms with Crippen molar-refractivity contribution in [2.75, 3.05) is 0 Å². The molecule has 8 heteroatoms. The average molecular weight is 332 g/mol. The molecule has 0 saturated carbocycles. The predicted molar refractivity (Wildman–Crippen MR) is 90.8 cm³/mol. The Balaban J connectivity index is 2.24. The maximum atomic E-state index is 9.60. The van der Waals surface area contributed by atoms with Gasteiger partial charge >= 0.3 is 0 Å². The third kappa shape index (κ3) is 3.32. The van der Waals surface area contributed by atoms with Crippen LogP contribution in [0, 0.1) is 0 Å². The van der Waals surface area contributed by atoms with Crippen LogP contribution in [0.25, 0.3) is 0 Å². The Labute approximate surface area is 141 Å². The first-order chi connectivity index (χ1) is 11.5. The van der Waals surface area contributed by atoms with Crippen LogP contribution in [0.3, 0.4) is 0 Å². The lowest BCUT2D eigenvalue weighted by Crippen LogP contribution is -2.40. The fraction of sp³-hybridized carbons (Fsp3) is 0.500. The van der Waals surface area contributed by atoms with Gasteiger partial charge in [0, 0.05) is 24.8 Å². The molecule has 2 unspecified atom stereocenters. The van der Waals surface area contributed by atoms with E-state index in [0.717, 1.165) is 6.42 Å². The van der Waals surface area contributed by atoms with Gasteiger partial charge in [0.1, 0.15) is 0 Å². The Morgan fingerprint density at radius 3 is 2.54 bits per heavy atom. The number of hydrogen-bond donors (Lipinski definition) is 2. The van der Waals surface area contributed by atoms with Crippen molar-refractivity contribution in [3.63, 3.8) is 0 Å². The molecule has 0 spiro atoms. The van der Waals surface area contributed by atoms with E-state index in [1.807, 2.05) is 43.8 Å². The summed E-state index contributed by atoms with van der Waals surface area (Å²) in [4.78, 5) is 4.09. The molecule has 0 radical (unpaired) electrons. The molecule has 2 aromatic heterocycles. The molecular formula is C16H24N6O2. The molecule has 2 rings (SSSR count). The van der Waals surface area contributed by atoms with Crippen molar-refractivity contribution in [2.24, 2.45) is 10.3 Å². The van der Waals surface area contributed by atoms with Crippen LogP contribution in [0.4, 0.5) is 0 Å². The van der Waals surface area contributed by atoms with Crippen molar-refractivity contribution in [3.8, 4) is 0 Å². The minimum atomic E-state index is -0.627. The van der Waals surface area contributed by atoms with E-state index in [9.17, 15) is 5.21 Å². The van der Waals surface area contributed by atoms with Gasteiger partial charge in [-0.1, -0.05) is 17.2 Å². The Bertz CT molecular complexity index is 680. The minimum Gasteiger partial charge on any atom is -0.411 e. The lowest BCUT2D eigenvalue weighted by atomic mass is 9.85. The van der Waals surface area contributed by atoms with E-state index in [1.54, 1.807) is 23.4 Å². The summed E-state index contributed by atoms with van der Waals surface area (Å²) in [6, 6.07) is 1.81. The van der Waals surface area contributed by atoms with Crippen LogP contribution in [-0.4, -0.2) is 41.7 Å². The molecule has 0 fully saturated rings. The molecule has 2 heterocycles. The number of nitrogens with zero attached hydrogens (tertiary/aromatic N) is 6. The minimum absolute atomic E-state index is 0.480. The molecule has 0 aliphatic heterocycles. The average Bonchev–Trinajstić information content (AvgIpc) is 3.28. The lowest BCUT2D eigenvalue weighted by molar-refractivity contribution is 0.292. The standard InChI is InChI=1S/C16H24N6O2/c1-4-16(3,21-11-9-17-13-21)14(20-24)6-7-15(2,12-19-23)22-10-5-8-18-22/h5,8-13,23-24H,4,6-7H2,1-3H3. The van der Waals surface area contributed by atoms with Crippen LogP contribution in [0.5, 0.6) is 0 Å². The summed E-state index contributed by atoms with van der Waals surface area (Å²) in [5.74, 6) is 0. The zero-order chi connectivity index (χ0) is 17.6. The van der Waals surface area contributed by atoms with E-state index in [4.69, 9.17) is 5.21 Å². The third-order valence-corrected chi connectivity index (χ3v) is 4.74. The van der Waals surface area contributed by atoms with Gasteiger partial charge in [-0.2, -0.15) is 5.10 Å². The van der Waals surface area contributed by atoms with Crippen LogP contribution in [0.2, 0.25) is 0 Å². The lowest BCUT2D eigenvalue weighted by Gasteiger charge is -2.33. The number of imidazole rings is 1. The van der Waals surface area contributed by atoms with Crippen LogP contribution in [-0.2, 0) is 11.1 Å². The summed E-state index contributed by atoms with van der Waals surface area (Å²) in [6.45, 7) is 5.96. The highest BCUT2D eigenvalue weighted by Crippen LogP contribution is 2.28. The maximum Gasteiger partial charge on any atom is 0.0985 e. The Hall–Kier alpha value is -2.64. The van der Waals surface area contributed by atoms with Gasteiger partial charge in [0.25, 0.3) is 0 Å². The van der Waals surface area contributed by atoms with Crippen molar-refractivity contribution < 1.29 is 10.4 Å². The highest BCUT2D eigenvalue weighted by Gasteiger charge is 2.34. The second-order valence-corrected chi connectivity index (χ2v) is 6.20. The van der Waals surface area contributed by atoms with Gasteiger partial charge in [0.15, 0.2) is 0 Å². The van der Waals surface area contributed by atoms with Gasteiger partial charge in [-0.3, -0.25) is 4.68 Å². The fourth-order valence-corrected chi connectivity index (χ4v) is 2.82. The molecule has 2 aromatic rings. The van der Waals surface area contributed by atoms with E-state index < -0.39 is 11.1 Å². The van der Waals surface area contributed by atoms with Gasteiger partial charge in [0.2, 0.25) is 0 Å². The third-order valence-electron chi connectivity index (χ3n) is 4.74. The summed E-state index contributed by atoms with van der Waals surface area (Å²) in [6.07, 6.45) is 12.0. The van der Waals surface area contributed by atoms with Gasteiger partial charge in [-0.25, -0.2) is 4.98 Å². The SMILES string of the molecule is CCC(C)(C(CCC(C)(C=NO)n1cccn1)=NO)n1ccnc1. The largest absolute Gasteiger partial charge is 0.411 e. The first-order valence-corrected chi connectivity index (χ1v) is 7.88. The fourth-order valence-electron chi connectivity index (χ4n) is 2.82. The van der Waals surface area contributed by atoms with Gasteiger partial charge < -0.3 is 15.0 Å². The quantitative estimate of drug-likeness (QED) is 0.441. The van der Waals surface area contributed by atoms with Crippen molar-refractivity contribution in [1.29, 1.82) is 0 Å². The highest BCUT2D eigenvalue weighted by molar-refractivity contribution is 5.91. The molecule has 130 valence electrons. The molecule has 0 aromatic carbocycles. The summed E-state index contributed by atoms with van der Waals surface area (Å²) in [5.41, 5.74) is -0.475. The normalized spacial score (nSPS) is 17.7. The topological polar surface area (TPSA) is 101 Å². The summed E-state index contributed by atoms with van der Waals surface area (Å²) in [5, 5.41) is 29.6. The van der Waals surface area contributed by atoms with Crippen LogP contribution >= 0.6 is 0 Å². The molecule has 0 saturated heterocycles. The molecule has 2 N–H and O–H groups in total. The zero-order valence-corrected chi connectivity index (χ0v) is 14.2. The molecule has 0 aliphatic rings. The smallest absolute Gasteiger partial charge is 0.0985 e. The highest BCUT2D eigenvalue weighted by atomic mass is 16.4. The van der Waals surface area contributed by atoms with Gasteiger partial charge in [-0.15, -0.1) is 0 Å². The number of hydrogen-bond acceptors (Lipinski definition) is 6. The van der Waals surface area contributed by atoms with Crippen LogP contribution in [0.15, 0.2) is 47.5 Å². The van der Waals surface area contributed by atoms with E-state index in [2.05, 4.69) is 20.4 Å². The van der Waals surface area contributed by atoms with E-state index in [-0.39, 0.29) is 0 Å². The van der Waals surface area contributed by atoms with E-state index >= 15 is 0 Å². The Morgan fingerprint density at radius 1 is 1.25 bits per heavy atom. The molecular weight excluding hydrogens is 308 g/mol. The van der Waals surface area contributed by atoms with Gasteiger partial charge in [0.05, 0.1) is 29.3 Å². The summed E-state index contributed by atoms with van der Waals surface area (Å²) < 4.78 is 3.66. The van der Waals surface area contributed by atoms with Crippen LogP contribution in [0.1, 0.15) is 40.0 Å². The summed E-state index contributed by atoms with van der Waals surface area (Å²) in [7, 11) is 0. The molecule has 8 nitrogen and oxygen atoms in total.